The zero-order valence-corrected chi connectivity index (χ0v) is 11.2. The van der Waals surface area contributed by atoms with Gasteiger partial charge in [-0.1, -0.05) is 34.1 Å². The Balaban J connectivity index is 2.16. The minimum atomic E-state index is -0.00492. The Kier molecular flexibility index (Phi) is 3.59. The molecular weight excluding hydrogens is 351 g/mol. The normalized spacial score (nSPS) is 10.1. The Labute approximate surface area is 103 Å². The SMILES string of the molecule is Brc1ccc([I+]c2ccccc2)cc1. The molecule has 0 N–H and O–H groups in total. The van der Waals surface area contributed by atoms with Gasteiger partial charge < -0.3 is 0 Å². The van der Waals surface area contributed by atoms with E-state index in [1.165, 1.54) is 7.14 Å². The zero-order valence-electron chi connectivity index (χ0n) is 7.45. The molecule has 0 saturated heterocycles. The van der Waals surface area contributed by atoms with E-state index in [0.717, 1.165) is 4.47 Å². The molecule has 0 fully saturated rings. The average molecular weight is 360 g/mol. The van der Waals surface area contributed by atoms with E-state index in [2.05, 4.69) is 70.5 Å². The quantitative estimate of drug-likeness (QED) is 0.688. The van der Waals surface area contributed by atoms with E-state index in [-0.39, 0.29) is 21.2 Å². The minimum absolute atomic E-state index is 0.00492. The molecular formula is C12H9BrI+. The van der Waals surface area contributed by atoms with Crippen LogP contribution in [-0.4, -0.2) is 0 Å². The number of hydrogen-bond acceptors (Lipinski definition) is 0. The number of benzene rings is 2. The molecule has 0 spiro atoms. The molecule has 0 aliphatic heterocycles. The predicted octanol–water partition coefficient (Wildman–Crippen LogP) is 0.577. The molecule has 0 unspecified atom stereocenters. The molecule has 0 amide bonds. The monoisotopic (exact) mass is 359 g/mol. The molecule has 0 radical (unpaired) electrons. The highest BCUT2D eigenvalue weighted by molar-refractivity contribution is 9.10. The maximum Gasteiger partial charge on any atom is 0.357 e. The van der Waals surface area contributed by atoms with Gasteiger partial charge in [-0.25, -0.2) is 0 Å². The van der Waals surface area contributed by atoms with Crippen LogP contribution in [0.3, 0.4) is 0 Å². The predicted molar refractivity (Wildman–Crippen MR) is 58.0 cm³/mol. The lowest BCUT2D eigenvalue weighted by Crippen LogP contribution is -3.61. The molecule has 0 aliphatic rings. The van der Waals surface area contributed by atoms with Crippen LogP contribution in [0.4, 0.5) is 0 Å². The summed E-state index contributed by atoms with van der Waals surface area (Å²) in [6, 6.07) is 19.3. The van der Waals surface area contributed by atoms with Crippen molar-refractivity contribution in [3.05, 3.63) is 66.2 Å². The van der Waals surface area contributed by atoms with Gasteiger partial charge in [-0.05, 0) is 36.4 Å². The molecule has 2 aromatic rings. The Morgan fingerprint density at radius 2 is 1.29 bits per heavy atom. The van der Waals surface area contributed by atoms with Crippen LogP contribution < -0.4 is 21.2 Å². The summed E-state index contributed by atoms with van der Waals surface area (Å²) in [6.45, 7) is 0. The highest BCUT2D eigenvalue weighted by Crippen LogP contribution is 2.05. The third kappa shape index (κ3) is 2.82. The van der Waals surface area contributed by atoms with Crippen LogP contribution in [0.5, 0.6) is 0 Å². The van der Waals surface area contributed by atoms with Crippen molar-refractivity contribution in [2.45, 2.75) is 0 Å². The third-order valence-corrected chi connectivity index (χ3v) is 4.97. The van der Waals surface area contributed by atoms with Crippen LogP contribution in [0, 0.1) is 7.14 Å². The lowest BCUT2D eigenvalue weighted by molar-refractivity contribution is -0.597. The van der Waals surface area contributed by atoms with Crippen LogP contribution in [0.25, 0.3) is 0 Å². The van der Waals surface area contributed by atoms with Gasteiger partial charge in [0.15, 0.2) is 7.14 Å². The fourth-order valence-electron chi connectivity index (χ4n) is 1.10. The first-order chi connectivity index (χ1) is 6.84. The van der Waals surface area contributed by atoms with Crippen molar-refractivity contribution in [2.75, 3.05) is 0 Å². The van der Waals surface area contributed by atoms with Crippen molar-refractivity contribution < 1.29 is 21.2 Å². The van der Waals surface area contributed by atoms with Crippen LogP contribution >= 0.6 is 15.9 Å². The summed E-state index contributed by atoms with van der Waals surface area (Å²) in [6.07, 6.45) is 0. The van der Waals surface area contributed by atoms with Gasteiger partial charge in [-0.15, -0.1) is 0 Å². The summed E-state index contributed by atoms with van der Waals surface area (Å²) in [4.78, 5) is 0. The lowest BCUT2D eigenvalue weighted by atomic mass is 10.4. The van der Waals surface area contributed by atoms with E-state index in [1.54, 1.807) is 0 Å². The Hall–Kier alpha value is -0.350. The molecule has 0 aromatic heterocycles. The van der Waals surface area contributed by atoms with Crippen LogP contribution in [0.2, 0.25) is 0 Å². The summed E-state index contributed by atoms with van der Waals surface area (Å²) < 4.78 is 4.07. The topological polar surface area (TPSA) is 0 Å². The van der Waals surface area contributed by atoms with Crippen molar-refractivity contribution in [3.63, 3.8) is 0 Å². The zero-order chi connectivity index (χ0) is 9.80. The molecule has 2 aromatic carbocycles. The Morgan fingerprint density at radius 1 is 0.714 bits per heavy atom. The molecule has 0 bridgehead atoms. The second-order valence-corrected chi connectivity index (χ2v) is 6.77. The van der Waals surface area contributed by atoms with Gasteiger partial charge in [0.1, 0.15) is 0 Å². The molecule has 0 heterocycles. The smallest absolute Gasteiger partial charge is 0.0619 e. The molecule has 2 heteroatoms. The lowest BCUT2D eigenvalue weighted by Gasteiger charge is -1.87. The van der Waals surface area contributed by atoms with Gasteiger partial charge in [0, 0.05) is 4.47 Å². The molecule has 14 heavy (non-hydrogen) atoms. The van der Waals surface area contributed by atoms with Crippen LogP contribution in [-0.2, 0) is 0 Å². The van der Waals surface area contributed by atoms with Gasteiger partial charge in [0.2, 0.25) is 0 Å². The van der Waals surface area contributed by atoms with Crippen molar-refractivity contribution >= 4 is 15.9 Å². The van der Waals surface area contributed by atoms with E-state index >= 15 is 0 Å². The maximum atomic E-state index is 3.44. The molecule has 70 valence electrons. The molecule has 0 aliphatic carbocycles. The molecule has 0 atom stereocenters. The Morgan fingerprint density at radius 3 is 1.93 bits per heavy atom. The second-order valence-electron chi connectivity index (χ2n) is 2.83. The van der Waals surface area contributed by atoms with Gasteiger partial charge in [-0.2, -0.15) is 0 Å². The van der Waals surface area contributed by atoms with Gasteiger partial charge in [0.05, 0.1) is 0 Å². The highest BCUT2D eigenvalue weighted by atomic mass is 127. The Bertz CT molecular complexity index is 394. The maximum absolute atomic E-state index is 3.44. The summed E-state index contributed by atoms with van der Waals surface area (Å²) in [5.41, 5.74) is 0. The van der Waals surface area contributed by atoms with E-state index in [9.17, 15) is 0 Å². The fraction of sp³-hybridized carbons (Fsp3) is 0. The summed E-state index contributed by atoms with van der Waals surface area (Å²) >= 11 is 3.44. The first-order valence-electron chi connectivity index (χ1n) is 4.30. The van der Waals surface area contributed by atoms with Crippen molar-refractivity contribution in [3.8, 4) is 0 Å². The van der Waals surface area contributed by atoms with E-state index in [0.29, 0.717) is 0 Å². The summed E-state index contributed by atoms with van der Waals surface area (Å²) in [5, 5.41) is 0. The van der Waals surface area contributed by atoms with E-state index < -0.39 is 0 Å². The van der Waals surface area contributed by atoms with Crippen LogP contribution in [0.1, 0.15) is 0 Å². The van der Waals surface area contributed by atoms with Crippen molar-refractivity contribution in [1.82, 2.24) is 0 Å². The second kappa shape index (κ2) is 4.94. The van der Waals surface area contributed by atoms with Gasteiger partial charge in [0.25, 0.3) is 0 Å². The van der Waals surface area contributed by atoms with E-state index in [4.69, 9.17) is 0 Å². The molecule has 0 saturated carbocycles. The average Bonchev–Trinajstić information content (AvgIpc) is 2.23. The first-order valence-corrected chi connectivity index (χ1v) is 7.25. The third-order valence-electron chi connectivity index (χ3n) is 1.75. The number of hydrogen-bond donors (Lipinski definition) is 0. The highest BCUT2D eigenvalue weighted by Gasteiger charge is 2.13. The van der Waals surface area contributed by atoms with Crippen molar-refractivity contribution in [2.24, 2.45) is 0 Å². The standard InChI is InChI=1S/C12H9BrI/c13-10-6-8-12(9-7-10)14-11-4-2-1-3-5-11/h1-9H/q+1. The fourth-order valence-corrected chi connectivity index (χ4v) is 3.57. The number of halogens is 2. The van der Waals surface area contributed by atoms with E-state index in [1.807, 2.05) is 0 Å². The molecule has 0 nitrogen and oxygen atoms in total. The summed E-state index contributed by atoms with van der Waals surface area (Å²) in [5.74, 6) is 0. The number of rotatable bonds is 2. The molecule has 2 rings (SSSR count). The van der Waals surface area contributed by atoms with Gasteiger partial charge >= 0.3 is 21.2 Å². The van der Waals surface area contributed by atoms with Gasteiger partial charge in [-0.3, -0.25) is 0 Å². The minimum Gasteiger partial charge on any atom is -0.0619 e. The van der Waals surface area contributed by atoms with Crippen molar-refractivity contribution in [1.29, 1.82) is 0 Å². The largest absolute Gasteiger partial charge is 0.357 e. The summed E-state index contributed by atoms with van der Waals surface area (Å²) in [7, 11) is 0. The first kappa shape index (κ1) is 10.2. The van der Waals surface area contributed by atoms with Crippen LogP contribution in [0.15, 0.2) is 59.1 Å².